The molecule has 1 N–H and O–H groups in total. The Hall–Kier alpha value is -0.450. The number of nitro groups is 1. The third-order valence-corrected chi connectivity index (χ3v) is 4.13. The standard InChI is InChI=1S/C8H8ClIN2O4S/c9-7-2-1-6(5-8(7)12(13)14)17(15,16)11-4-3-10/h1-2,5,11H,3-4H2. The zero-order valence-electron chi connectivity index (χ0n) is 8.39. The Balaban J connectivity index is 3.16. The molecule has 9 heteroatoms. The maximum Gasteiger partial charge on any atom is 0.289 e. The van der Waals surface area contributed by atoms with Crippen LogP contribution in [-0.4, -0.2) is 24.3 Å². The topological polar surface area (TPSA) is 89.3 Å². The monoisotopic (exact) mass is 390 g/mol. The van der Waals surface area contributed by atoms with Crippen LogP contribution >= 0.6 is 34.2 Å². The number of nitrogens with zero attached hydrogens (tertiary/aromatic N) is 1. The molecular weight excluding hydrogens is 383 g/mol. The van der Waals surface area contributed by atoms with E-state index in [1.54, 1.807) is 0 Å². The van der Waals surface area contributed by atoms with E-state index in [0.29, 0.717) is 4.43 Å². The second-order valence-corrected chi connectivity index (χ2v) is 6.21. The van der Waals surface area contributed by atoms with Gasteiger partial charge in [0.15, 0.2) is 0 Å². The van der Waals surface area contributed by atoms with Crippen LogP contribution in [0.4, 0.5) is 5.69 Å². The molecule has 0 radical (unpaired) electrons. The maximum atomic E-state index is 11.7. The summed E-state index contributed by atoms with van der Waals surface area (Å²) in [5.41, 5.74) is -0.427. The summed E-state index contributed by atoms with van der Waals surface area (Å²) < 4.78 is 26.3. The lowest BCUT2D eigenvalue weighted by atomic mass is 10.3. The zero-order valence-corrected chi connectivity index (χ0v) is 12.1. The molecule has 0 fully saturated rings. The summed E-state index contributed by atoms with van der Waals surface area (Å²) in [6.45, 7) is 0.263. The van der Waals surface area contributed by atoms with Crippen molar-refractivity contribution in [3.8, 4) is 0 Å². The Morgan fingerprint density at radius 2 is 2.12 bits per heavy atom. The van der Waals surface area contributed by atoms with Crippen LogP contribution in [0.5, 0.6) is 0 Å². The summed E-state index contributed by atoms with van der Waals surface area (Å²) in [5.74, 6) is 0. The number of nitro benzene ring substituents is 1. The van der Waals surface area contributed by atoms with Crippen molar-refractivity contribution in [3.63, 3.8) is 0 Å². The molecule has 0 aliphatic heterocycles. The fraction of sp³-hybridized carbons (Fsp3) is 0.250. The SMILES string of the molecule is O=[N+]([O-])c1cc(S(=O)(=O)NCCI)ccc1Cl. The van der Waals surface area contributed by atoms with Gasteiger partial charge >= 0.3 is 0 Å². The molecule has 0 bridgehead atoms. The molecule has 0 saturated carbocycles. The summed E-state index contributed by atoms with van der Waals surface area (Å²) in [6, 6.07) is 3.36. The third-order valence-electron chi connectivity index (χ3n) is 1.81. The van der Waals surface area contributed by atoms with Crippen molar-refractivity contribution >= 4 is 49.9 Å². The van der Waals surface area contributed by atoms with Crippen molar-refractivity contribution in [1.29, 1.82) is 0 Å². The fourth-order valence-corrected chi connectivity index (χ4v) is 2.93. The highest BCUT2D eigenvalue weighted by Gasteiger charge is 2.19. The highest BCUT2D eigenvalue weighted by molar-refractivity contribution is 14.1. The lowest BCUT2D eigenvalue weighted by molar-refractivity contribution is -0.384. The number of benzene rings is 1. The van der Waals surface area contributed by atoms with Gasteiger partial charge in [0, 0.05) is 17.0 Å². The Kier molecular flexibility index (Phi) is 5.10. The Labute approximate surface area is 117 Å². The largest absolute Gasteiger partial charge is 0.289 e. The van der Waals surface area contributed by atoms with Crippen LogP contribution in [0.15, 0.2) is 23.1 Å². The third kappa shape index (κ3) is 3.76. The highest BCUT2D eigenvalue weighted by Crippen LogP contribution is 2.26. The first-order chi connectivity index (χ1) is 7.88. The summed E-state index contributed by atoms with van der Waals surface area (Å²) in [5, 5.41) is 10.5. The van der Waals surface area contributed by atoms with Crippen LogP contribution < -0.4 is 4.72 Å². The lowest BCUT2D eigenvalue weighted by Gasteiger charge is -2.05. The van der Waals surface area contributed by atoms with Gasteiger partial charge in [0.05, 0.1) is 9.82 Å². The van der Waals surface area contributed by atoms with Crippen molar-refractivity contribution in [2.24, 2.45) is 0 Å². The molecule has 1 rings (SSSR count). The summed E-state index contributed by atoms with van der Waals surface area (Å²) in [6.07, 6.45) is 0. The van der Waals surface area contributed by atoms with E-state index in [9.17, 15) is 18.5 Å². The van der Waals surface area contributed by atoms with Crippen LogP contribution in [0.25, 0.3) is 0 Å². The molecule has 0 spiro atoms. The van der Waals surface area contributed by atoms with Crippen LogP contribution in [-0.2, 0) is 10.0 Å². The lowest BCUT2D eigenvalue weighted by Crippen LogP contribution is -2.25. The zero-order chi connectivity index (χ0) is 13.1. The average Bonchev–Trinajstić information content (AvgIpc) is 2.26. The van der Waals surface area contributed by atoms with Gasteiger partial charge in [0.25, 0.3) is 5.69 Å². The summed E-state index contributed by atoms with van der Waals surface area (Å²) in [7, 11) is -3.71. The Morgan fingerprint density at radius 3 is 2.65 bits per heavy atom. The van der Waals surface area contributed by atoms with Gasteiger partial charge in [-0.15, -0.1) is 0 Å². The molecule has 1 aromatic carbocycles. The molecule has 6 nitrogen and oxygen atoms in total. The van der Waals surface area contributed by atoms with Crippen molar-refractivity contribution in [3.05, 3.63) is 33.3 Å². The summed E-state index contributed by atoms with van der Waals surface area (Å²) in [4.78, 5) is 9.73. The van der Waals surface area contributed by atoms with Gasteiger partial charge in [0.1, 0.15) is 5.02 Å². The molecule has 17 heavy (non-hydrogen) atoms. The minimum Gasteiger partial charge on any atom is -0.258 e. The van der Waals surface area contributed by atoms with Crippen molar-refractivity contribution < 1.29 is 13.3 Å². The Bertz CT molecular complexity index is 534. The average molecular weight is 391 g/mol. The molecule has 94 valence electrons. The summed E-state index contributed by atoms with van der Waals surface area (Å²) >= 11 is 7.60. The minimum absolute atomic E-state index is 0.0946. The van der Waals surface area contributed by atoms with Gasteiger partial charge in [-0.05, 0) is 12.1 Å². The van der Waals surface area contributed by atoms with Gasteiger partial charge in [0.2, 0.25) is 10.0 Å². The second-order valence-electron chi connectivity index (χ2n) is 2.96. The van der Waals surface area contributed by atoms with E-state index in [-0.39, 0.29) is 16.5 Å². The molecule has 0 aliphatic carbocycles. The van der Waals surface area contributed by atoms with E-state index in [1.807, 2.05) is 22.6 Å². The predicted molar refractivity (Wildman–Crippen MR) is 72.2 cm³/mol. The predicted octanol–water partition coefficient (Wildman–Crippen LogP) is 1.96. The number of hydrogen-bond acceptors (Lipinski definition) is 4. The molecule has 1 aromatic rings. The molecule has 0 aliphatic rings. The molecular formula is C8H8ClIN2O4S. The number of sulfonamides is 1. The van der Waals surface area contributed by atoms with E-state index in [4.69, 9.17) is 11.6 Å². The molecule has 0 aromatic heterocycles. The van der Waals surface area contributed by atoms with Crippen LogP contribution in [0.3, 0.4) is 0 Å². The molecule has 0 amide bonds. The minimum atomic E-state index is -3.71. The number of nitrogens with one attached hydrogen (secondary N) is 1. The first kappa shape index (κ1) is 14.6. The highest BCUT2D eigenvalue weighted by atomic mass is 127. The maximum absolute atomic E-state index is 11.7. The first-order valence-corrected chi connectivity index (χ1v) is 7.76. The van der Waals surface area contributed by atoms with E-state index >= 15 is 0 Å². The number of hydrogen-bond donors (Lipinski definition) is 1. The van der Waals surface area contributed by atoms with Gasteiger partial charge in [-0.2, -0.15) is 0 Å². The molecule has 0 unspecified atom stereocenters. The van der Waals surface area contributed by atoms with Crippen molar-refractivity contribution in [1.82, 2.24) is 4.72 Å². The second kappa shape index (κ2) is 5.94. The normalized spacial score (nSPS) is 11.4. The molecule has 0 heterocycles. The van der Waals surface area contributed by atoms with E-state index in [1.165, 1.54) is 12.1 Å². The first-order valence-electron chi connectivity index (χ1n) is 4.38. The van der Waals surface area contributed by atoms with Crippen LogP contribution in [0, 0.1) is 10.1 Å². The number of alkyl halides is 1. The van der Waals surface area contributed by atoms with Gasteiger partial charge in [-0.1, -0.05) is 34.2 Å². The van der Waals surface area contributed by atoms with E-state index in [2.05, 4.69) is 4.72 Å². The van der Waals surface area contributed by atoms with Gasteiger partial charge < -0.3 is 0 Å². The number of rotatable bonds is 5. The Morgan fingerprint density at radius 1 is 1.47 bits per heavy atom. The van der Waals surface area contributed by atoms with Crippen LogP contribution in [0.2, 0.25) is 5.02 Å². The molecule has 0 atom stereocenters. The van der Waals surface area contributed by atoms with Crippen molar-refractivity contribution in [2.45, 2.75) is 4.90 Å². The van der Waals surface area contributed by atoms with Gasteiger partial charge in [-0.25, -0.2) is 13.1 Å². The number of halogens is 2. The van der Waals surface area contributed by atoms with Crippen LogP contribution in [0.1, 0.15) is 0 Å². The fourth-order valence-electron chi connectivity index (χ4n) is 1.06. The smallest absolute Gasteiger partial charge is 0.258 e. The quantitative estimate of drug-likeness (QED) is 0.360. The van der Waals surface area contributed by atoms with E-state index < -0.39 is 20.6 Å². The van der Waals surface area contributed by atoms with Gasteiger partial charge in [-0.3, -0.25) is 10.1 Å². The molecule has 0 saturated heterocycles. The van der Waals surface area contributed by atoms with E-state index in [0.717, 1.165) is 6.07 Å². The van der Waals surface area contributed by atoms with Crippen molar-refractivity contribution in [2.75, 3.05) is 11.0 Å².